The van der Waals surface area contributed by atoms with Gasteiger partial charge in [-0.05, 0) is 42.6 Å². The summed E-state index contributed by atoms with van der Waals surface area (Å²) >= 11 is 1.24. The maximum atomic E-state index is 13.2. The fourth-order valence-corrected chi connectivity index (χ4v) is 5.14. The minimum atomic E-state index is -3.79. The first kappa shape index (κ1) is 18.3. The zero-order chi connectivity index (χ0) is 19.7. The molecule has 0 aliphatic carbocycles. The second-order valence-electron chi connectivity index (χ2n) is 6.08. The largest absolute Gasteiger partial charge is 0.333 e. The Bertz CT molecular complexity index is 1200. The topological polar surface area (TPSA) is 89.2 Å². The van der Waals surface area contributed by atoms with Gasteiger partial charge in [-0.25, -0.2) is 8.42 Å². The summed E-state index contributed by atoms with van der Waals surface area (Å²) in [5.74, 6) is 0.540. The van der Waals surface area contributed by atoms with Crippen molar-refractivity contribution in [3.05, 3.63) is 65.8 Å². The molecule has 28 heavy (non-hydrogen) atoms. The van der Waals surface area contributed by atoms with Gasteiger partial charge in [0, 0.05) is 25.0 Å². The molecule has 3 aromatic heterocycles. The number of rotatable bonds is 5. The maximum absolute atomic E-state index is 13.2. The molecule has 9 heteroatoms. The van der Waals surface area contributed by atoms with Crippen LogP contribution >= 0.6 is 11.3 Å². The molecule has 0 unspecified atom stereocenters. The summed E-state index contributed by atoms with van der Waals surface area (Å²) in [5, 5.41) is 5.66. The van der Waals surface area contributed by atoms with Crippen LogP contribution in [0.3, 0.4) is 0 Å². The van der Waals surface area contributed by atoms with Crippen molar-refractivity contribution in [1.29, 1.82) is 0 Å². The number of nitrogens with zero attached hydrogens (tertiary/aromatic N) is 4. The molecule has 0 fully saturated rings. The van der Waals surface area contributed by atoms with Crippen LogP contribution in [0.4, 0.5) is 5.69 Å². The van der Waals surface area contributed by atoms with E-state index in [0.717, 1.165) is 11.1 Å². The molecule has 0 aliphatic heterocycles. The van der Waals surface area contributed by atoms with E-state index < -0.39 is 10.0 Å². The van der Waals surface area contributed by atoms with E-state index in [1.165, 1.54) is 22.7 Å². The van der Waals surface area contributed by atoms with Gasteiger partial charge in [-0.3, -0.25) is 9.29 Å². The third-order valence-corrected chi connectivity index (χ3v) is 7.08. The molecule has 0 saturated heterocycles. The van der Waals surface area contributed by atoms with Gasteiger partial charge in [0.15, 0.2) is 0 Å². The zero-order valence-electron chi connectivity index (χ0n) is 15.1. The maximum Gasteiger partial charge on any atom is 0.269 e. The van der Waals surface area contributed by atoms with Crippen LogP contribution in [0, 0.1) is 6.92 Å². The molecule has 4 aromatic rings. The quantitative estimate of drug-likeness (QED) is 0.492. The van der Waals surface area contributed by atoms with Crippen LogP contribution in [0.25, 0.3) is 22.2 Å². The number of benzene rings is 1. The molecule has 3 heterocycles. The lowest BCUT2D eigenvalue weighted by atomic mass is 10.2. The lowest BCUT2D eigenvalue weighted by Crippen LogP contribution is -2.26. The number of aryl methyl sites for hydroxylation is 1. The molecule has 0 radical (unpaired) electrons. The third-order valence-electron chi connectivity index (χ3n) is 4.22. The van der Waals surface area contributed by atoms with Crippen LogP contribution in [0.1, 0.15) is 5.56 Å². The molecule has 0 bridgehead atoms. The Morgan fingerprint density at radius 2 is 1.75 bits per heavy atom. The molecular formula is C19H16N4O3S2. The number of aromatic nitrogens is 3. The van der Waals surface area contributed by atoms with Crippen LogP contribution in [-0.4, -0.2) is 30.6 Å². The van der Waals surface area contributed by atoms with Crippen LogP contribution in [0.2, 0.25) is 0 Å². The SMILES string of the molecule is Cc1ccc(N(C)S(=O)(=O)c2ccsc2-c2nc(-c3ccncc3)no2)cc1. The Labute approximate surface area is 166 Å². The van der Waals surface area contributed by atoms with Crippen LogP contribution in [-0.2, 0) is 10.0 Å². The van der Waals surface area contributed by atoms with E-state index in [1.807, 2.05) is 19.1 Å². The van der Waals surface area contributed by atoms with Crippen molar-refractivity contribution in [1.82, 2.24) is 15.1 Å². The summed E-state index contributed by atoms with van der Waals surface area (Å²) in [4.78, 5) is 8.86. The van der Waals surface area contributed by atoms with E-state index in [9.17, 15) is 8.42 Å². The van der Waals surface area contributed by atoms with Gasteiger partial charge in [-0.15, -0.1) is 11.3 Å². The van der Waals surface area contributed by atoms with E-state index in [4.69, 9.17) is 4.52 Å². The number of thiophene rings is 1. The Morgan fingerprint density at radius 3 is 2.46 bits per heavy atom. The highest BCUT2D eigenvalue weighted by molar-refractivity contribution is 7.93. The number of pyridine rings is 1. The average molecular weight is 412 g/mol. The molecule has 0 saturated carbocycles. The Kier molecular flexibility index (Phi) is 4.70. The smallest absolute Gasteiger partial charge is 0.269 e. The summed E-state index contributed by atoms with van der Waals surface area (Å²) in [6.45, 7) is 1.95. The van der Waals surface area contributed by atoms with Gasteiger partial charge in [0.05, 0.1) is 5.69 Å². The van der Waals surface area contributed by atoms with Gasteiger partial charge in [-0.1, -0.05) is 22.9 Å². The van der Waals surface area contributed by atoms with Crippen molar-refractivity contribution in [2.45, 2.75) is 11.8 Å². The van der Waals surface area contributed by atoms with Crippen molar-refractivity contribution < 1.29 is 12.9 Å². The van der Waals surface area contributed by atoms with E-state index in [2.05, 4.69) is 15.1 Å². The molecule has 4 rings (SSSR count). The Morgan fingerprint density at radius 1 is 1.04 bits per heavy atom. The van der Waals surface area contributed by atoms with Crippen LogP contribution in [0.15, 0.2) is 69.7 Å². The van der Waals surface area contributed by atoms with Gasteiger partial charge in [0.1, 0.15) is 9.77 Å². The highest BCUT2D eigenvalue weighted by atomic mass is 32.2. The summed E-state index contributed by atoms with van der Waals surface area (Å²) in [6.07, 6.45) is 3.26. The minimum absolute atomic E-state index is 0.130. The van der Waals surface area contributed by atoms with Crippen LogP contribution < -0.4 is 4.31 Å². The molecule has 0 aliphatic rings. The number of sulfonamides is 1. The Hall–Kier alpha value is -3.04. The average Bonchev–Trinajstić information content (AvgIpc) is 3.38. The van der Waals surface area contributed by atoms with Crippen LogP contribution in [0.5, 0.6) is 0 Å². The summed E-state index contributed by atoms with van der Waals surface area (Å²) in [5.41, 5.74) is 2.37. The standard InChI is InChI=1S/C19H16N4O3S2/c1-13-3-5-15(6-4-13)23(2)28(24,25)16-9-12-27-17(16)19-21-18(22-26-19)14-7-10-20-11-8-14/h3-12H,1-2H3. The van der Waals surface area contributed by atoms with Crippen molar-refractivity contribution in [2.75, 3.05) is 11.4 Å². The van der Waals surface area contributed by atoms with Gasteiger partial charge < -0.3 is 4.52 Å². The van der Waals surface area contributed by atoms with Crippen molar-refractivity contribution in [2.24, 2.45) is 0 Å². The lowest BCUT2D eigenvalue weighted by molar-refractivity contribution is 0.432. The second-order valence-corrected chi connectivity index (χ2v) is 8.93. The first-order valence-corrected chi connectivity index (χ1v) is 10.7. The highest BCUT2D eigenvalue weighted by Crippen LogP contribution is 2.35. The molecule has 142 valence electrons. The van der Waals surface area contributed by atoms with Gasteiger partial charge in [-0.2, -0.15) is 4.98 Å². The summed E-state index contributed by atoms with van der Waals surface area (Å²) in [7, 11) is -2.26. The molecule has 7 nitrogen and oxygen atoms in total. The van der Waals surface area contributed by atoms with Crippen molar-refractivity contribution in [3.8, 4) is 22.2 Å². The van der Waals surface area contributed by atoms with E-state index in [0.29, 0.717) is 16.4 Å². The molecule has 0 N–H and O–H groups in total. The fourth-order valence-electron chi connectivity index (χ4n) is 2.63. The van der Waals surface area contributed by atoms with E-state index in [-0.39, 0.29) is 10.8 Å². The highest BCUT2D eigenvalue weighted by Gasteiger charge is 2.28. The van der Waals surface area contributed by atoms with Gasteiger partial charge in [0.2, 0.25) is 5.82 Å². The number of anilines is 1. The first-order chi connectivity index (χ1) is 13.5. The first-order valence-electron chi connectivity index (χ1n) is 8.34. The van der Waals surface area contributed by atoms with E-state index >= 15 is 0 Å². The third kappa shape index (κ3) is 3.30. The summed E-state index contributed by atoms with van der Waals surface area (Å²) in [6, 6.07) is 12.3. The second kappa shape index (κ2) is 7.17. The molecular weight excluding hydrogens is 396 g/mol. The number of hydrogen-bond acceptors (Lipinski definition) is 7. The fraction of sp³-hybridized carbons (Fsp3) is 0.105. The molecule has 1 aromatic carbocycles. The Balaban J connectivity index is 1.71. The summed E-state index contributed by atoms with van der Waals surface area (Å²) < 4.78 is 33.0. The van der Waals surface area contributed by atoms with Gasteiger partial charge in [0.25, 0.3) is 15.9 Å². The predicted molar refractivity (Wildman–Crippen MR) is 108 cm³/mol. The zero-order valence-corrected chi connectivity index (χ0v) is 16.7. The monoisotopic (exact) mass is 412 g/mol. The molecule has 0 spiro atoms. The normalized spacial score (nSPS) is 11.5. The molecule has 0 amide bonds. The molecule has 0 atom stereocenters. The van der Waals surface area contributed by atoms with Crippen molar-refractivity contribution in [3.63, 3.8) is 0 Å². The van der Waals surface area contributed by atoms with Gasteiger partial charge >= 0.3 is 0 Å². The predicted octanol–water partition coefficient (Wildman–Crippen LogP) is 3.99. The van der Waals surface area contributed by atoms with Crippen molar-refractivity contribution >= 4 is 27.0 Å². The number of hydrogen-bond donors (Lipinski definition) is 0. The van der Waals surface area contributed by atoms with E-state index in [1.54, 1.807) is 48.1 Å². The minimum Gasteiger partial charge on any atom is -0.333 e. The lowest BCUT2D eigenvalue weighted by Gasteiger charge is -2.19.